The number of amides is 4. The summed E-state index contributed by atoms with van der Waals surface area (Å²) in [6.45, 7) is 5.92. The van der Waals surface area contributed by atoms with Gasteiger partial charge in [-0.15, -0.1) is 11.3 Å². The Morgan fingerprint density at radius 1 is 1.44 bits per heavy atom. The largest absolute Gasteiger partial charge is 0.325 e. The molecule has 0 unspecified atom stereocenters. The summed E-state index contributed by atoms with van der Waals surface area (Å²) in [6, 6.07) is -0.475. The van der Waals surface area contributed by atoms with Crippen LogP contribution in [0.2, 0.25) is 0 Å². The van der Waals surface area contributed by atoms with Gasteiger partial charge in [0.25, 0.3) is 5.91 Å². The van der Waals surface area contributed by atoms with Crippen molar-refractivity contribution in [3.05, 3.63) is 11.1 Å². The molecule has 1 saturated heterocycles. The van der Waals surface area contributed by atoms with Crippen LogP contribution in [0.4, 0.5) is 9.93 Å². The Morgan fingerprint density at radius 3 is 2.72 bits per heavy atom. The summed E-state index contributed by atoms with van der Waals surface area (Å²) >= 11 is 1.34. The average molecular weight is 364 g/mol. The van der Waals surface area contributed by atoms with Gasteiger partial charge in [0.2, 0.25) is 5.91 Å². The Bertz CT molecular complexity index is 692. The second-order valence-corrected chi connectivity index (χ2v) is 8.22. The highest BCUT2D eigenvalue weighted by Gasteiger charge is 2.52. The Hall–Kier alpha value is -1.96. The number of urea groups is 1. The Balaban J connectivity index is 1.63. The summed E-state index contributed by atoms with van der Waals surface area (Å²) in [6.07, 6.45) is 3.09. The Kier molecular flexibility index (Phi) is 4.81. The molecule has 1 spiro atoms. The van der Waals surface area contributed by atoms with E-state index < -0.39 is 17.5 Å². The van der Waals surface area contributed by atoms with E-state index in [-0.39, 0.29) is 18.4 Å². The van der Waals surface area contributed by atoms with E-state index in [1.54, 1.807) is 0 Å². The van der Waals surface area contributed by atoms with Crippen LogP contribution in [0.3, 0.4) is 0 Å². The molecule has 0 radical (unpaired) electrons. The number of nitrogens with zero attached hydrogens (tertiary/aromatic N) is 2. The fourth-order valence-electron chi connectivity index (χ4n) is 3.32. The Labute approximate surface area is 151 Å². The van der Waals surface area contributed by atoms with Crippen LogP contribution in [0.5, 0.6) is 0 Å². The molecule has 2 N–H and O–H groups in total. The highest BCUT2D eigenvalue weighted by atomic mass is 32.1. The summed E-state index contributed by atoms with van der Waals surface area (Å²) in [5.41, 5.74) is 0.0983. The van der Waals surface area contributed by atoms with Gasteiger partial charge in [-0.05, 0) is 37.5 Å². The number of imide groups is 1. The smallest absolute Gasteiger partial charge is 0.323 e. The molecule has 2 fully saturated rings. The van der Waals surface area contributed by atoms with Crippen molar-refractivity contribution in [2.24, 2.45) is 5.92 Å². The molecule has 1 saturated carbocycles. The monoisotopic (exact) mass is 364 g/mol. The molecule has 2 heterocycles. The van der Waals surface area contributed by atoms with Gasteiger partial charge >= 0.3 is 6.03 Å². The summed E-state index contributed by atoms with van der Waals surface area (Å²) < 4.78 is 0. The van der Waals surface area contributed by atoms with E-state index in [1.165, 1.54) is 11.3 Å². The summed E-state index contributed by atoms with van der Waals surface area (Å²) in [4.78, 5) is 42.6. The van der Waals surface area contributed by atoms with E-state index in [0.717, 1.165) is 23.4 Å². The third kappa shape index (κ3) is 3.53. The molecule has 2 aliphatic rings. The standard InChI is InChI=1S/C17H24N4O3S/c1-10(2)12-9-25-15(18-12)19-13(22)8-21-14(23)17(20-16(21)24)6-4-11(3)5-7-17/h9-11H,4-8H2,1-3H3,(H,20,24)(H,18,19,22). The fourth-order valence-corrected chi connectivity index (χ4v) is 4.21. The second-order valence-electron chi connectivity index (χ2n) is 7.37. The maximum atomic E-state index is 12.7. The van der Waals surface area contributed by atoms with Gasteiger partial charge < -0.3 is 10.6 Å². The molecule has 25 heavy (non-hydrogen) atoms. The topological polar surface area (TPSA) is 91.4 Å². The van der Waals surface area contributed by atoms with Crippen molar-refractivity contribution in [1.82, 2.24) is 15.2 Å². The molecule has 4 amide bonds. The molecule has 1 aromatic rings. The molecular formula is C17H24N4O3S. The van der Waals surface area contributed by atoms with Crippen LogP contribution in [0.25, 0.3) is 0 Å². The molecule has 136 valence electrons. The lowest BCUT2D eigenvalue weighted by atomic mass is 9.77. The second kappa shape index (κ2) is 6.74. The number of rotatable bonds is 4. The van der Waals surface area contributed by atoms with Gasteiger partial charge in [-0.1, -0.05) is 20.8 Å². The maximum absolute atomic E-state index is 12.7. The molecule has 1 aliphatic heterocycles. The minimum atomic E-state index is -0.810. The van der Waals surface area contributed by atoms with E-state index in [2.05, 4.69) is 22.5 Å². The highest BCUT2D eigenvalue weighted by molar-refractivity contribution is 7.13. The number of nitrogens with one attached hydrogen (secondary N) is 2. The molecule has 0 bridgehead atoms. The number of hydrogen-bond acceptors (Lipinski definition) is 5. The molecule has 1 aromatic heterocycles. The first-order chi connectivity index (χ1) is 11.8. The summed E-state index contributed by atoms with van der Waals surface area (Å²) in [5, 5.41) is 7.88. The zero-order chi connectivity index (χ0) is 18.2. The van der Waals surface area contributed by atoms with Gasteiger partial charge in [-0.2, -0.15) is 0 Å². The zero-order valence-electron chi connectivity index (χ0n) is 14.8. The van der Waals surface area contributed by atoms with Crippen LogP contribution in [0.15, 0.2) is 5.38 Å². The van der Waals surface area contributed by atoms with Crippen LogP contribution < -0.4 is 10.6 Å². The minimum Gasteiger partial charge on any atom is -0.323 e. The molecule has 7 nitrogen and oxygen atoms in total. The number of carbonyl (C=O) groups excluding carboxylic acids is 3. The van der Waals surface area contributed by atoms with Gasteiger partial charge in [0, 0.05) is 5.38 Å². The first-order valence-electron chi connectivity index (χ1n) is 8.70. The summed E-state index contributed by atoms with van der Waals surface area (Å²) in [7, 11) is 0. The van der Waals surface area contributed by atoms with E-state index in [1.807, 2.05) is 19.2 Å². The first-order valence-corrected chi connectivity index (χ1v) is 9.58. The quantitative estimate of drug-likeness (QED) is 0.804. The van der Waals surface area contributed by atoms with Gasteiger partial charge in [0.1, 0.15) is 12.1 Å². The number of hydrogen-bond donors (Lipinski definition) is 2. The van der Waals surface area contributed by atoms with Crippen molar-refractivity contribution in [2.45, 2.75) is 57.9 Å². The van der Waals surface area contributed by atoms with E-state index in [0.29, 0.717) is 23.9 Å². The first kappa shape index (κ1) is 17.8. The molecule has 0 atom stereocenters. The number of anilines is 1. The molecule has 1 aliphatic carbocycles. The number of carbonyl (C=O) groups is 3. The number of aromatic nitrogens is 1. The lowest BCUT2D eigenvalue weighted by Crippen LogP contribution is -2.49. The van der Waals surface area contributed by atoms with E-state index >= 15 is 0 Å². The third-order valence-electron chi connectivity index (χ3n) is 5.04. The van der Waals surface area contributed by atoms with Gasteiger partial charge in [-0.25, -0.2) is 9.78 Å². The number of thiazole rings is 1. The predicted molar refractivity (Wildman–Crippen MR) is 95.4 cm³/mol. The van der Waals surface area contributed by atoms with Crippen molar-refractivity contribution < 1.29 is 14.4 Å². The zero-order valence-corrected chi connectivity index (χ0v) is 15.6. The minimum absolute atomic E-state index is 0.276. The highest BCUT2D eigenvalue weighted by Crippen LogP contribution is 2.36. The maximum Gasteiger partial charge on any atom is 0.325 e. The normalized spacial score (nSPS) is 26.4. The van der Waals surface area contributed by atoms with Crippen molar-refractivity contribution in [2.75, 3.05) is 11.9 Å². The molecule has 3 rings (SSSR count). The molecular weight excluding hydrogens is 340 g/mol. The molecule has 0 aromatic carbocycles. The fraction of sp³-hybridized carbons (Fsp3) is 0.647. The average Bonchev–Trinajstić information content (AvgIpc) is 3.10. The van der Waals surface area contributed by atoms with Crippen LogP contribution in [-0.2, 0) is 9.59 Å². The van der Waals surface area contributed by atoms with Gasteiger partial charge in [-0.3, -0.25) is 14.5 Å². The van der Waals surface area contributed by atoms with Crippen molar-refractivity contribution in [3.8, 4) is 0 Å². The van der Waals surface area contributed by atoms with Crippen molar-refractivity contribution in [1.29, 1.82) is 0 Å². The SMILES string of the molecule is CC1CCC2(CC1)NC(=O)N(CC(=O)Nc1nc(C(C)C)cs1)C2=O. The van der Waals surface area contributed by atoms with E-state index in [4.69, 9.17) is 0 Å². The van der Waals surface area contributed by atoms with Crippen LogP contribution in [-0.4, -0.2) is 39.8 Å². The summed E-state index contributed by atoms with van der Waals surface area (Å²) in [5.74, 6) is 0.157. The predicted octanol–water partition coefficient (Wildman–Crippen LogP) is 2.71. The van der Waals surface area contributed by atoms with Gasteiger partial charge in [0.15, 0.2) is 5.13 Å². The lowest BCUT2D eigenvalue weighted by molar-refractivity contribution is -0.135. The van der Waals surface area contributed by atoms with Crippen molar-refractivity contribution >= 4 is 34.3 Å². The van der Waals surface area contributed by atoms with Crippen molar-refractivity contribution in [3.63, 3.8) is 0 Å². The van der Waals surface area contributed by atoms with E-state index in [9.17, 15) is 14.4 Å². The van der Waals surface area contributed by atoms with Crippen LogP contribution in [0, 0.1) is 5.92 Å². The van der Waals surface area contributed by atoms with Crippen LogP contribution in [0.1, 0.15) is 58.1 Å². The lowest BCUT2D eigenvalue weighted by Gasteiger charge is -2.33. The van der Waals surface area contributed by atoms with Gasteiger partial charge in [0.05, 0.1) is 5.69 Å². The Morgan fingerprint density at radius 2 is 2.12 bits per heavy atom. The van der Waals surface area contributed by atoms with Crippen LogP contribution >= 0.6 is 11.3 Å². The third-order valence-corrected chi connectivity index (χ3v) is 5.81. The molecule has 8 heteroatoms.